The molecule has 0 aromatic carbocycles. The number of esters is 1. The van der Waals surface area contributed by atoms with Crippen molar-refractivity contribution in [2.75, 3.05) is 26.3 Å². The number of hydrogen-bond acceptors (Lipinski definition) is 6. The highest BCUT2D eigenvalue weighted by Gasteiger charge is 2.15. The molecule has 2 amide bonds. The molecule has 2 unspecified atom stereocenters. The van der Waals surface area contributed by atoms with Crippen LogP contribution < -0.4 is 10.6 Å². The quantitative estimate of drug-likeness (QED) is 0.235. The average Bonchev–Trinajstić information content (AvgIpc) is 2.42. The fourth-order valence-electron chi connectivity index (χ4n) is 1.36. The molecule has 21 heavy (non-hydrogen) atoms. The molecule has 0 saturated carbocycles. The number of aliphatic hydroxyl groups excluding tert-OH is 2. The summed E-state index contributed by atoms with van der Waals surface area (Å²) in [4.78, 5) is 33.6. The Labute approximate surface area is 123 Å². The Hall–Kier alpha value is -1.67. The highest BCUT2D eigenvalue weighted by molar-refractivity contribution is 6.32. The summed E-state index contributed by atoms with van der Waals surface area (Å²) in [6.07, 6.45) is 0.0723. The van der Waals surface area contributed by atoms with Crippen molar-refractivity contribution in [1.82, 2.24) is 10.6 Å². The third kappa shape index (κ3) is 9.80. The van der Waals surface area contributed by atoms with Gasteiger partial charge in [-0.3, -0.25) is 9.59 Å². The summed E-state index contributed by atoms with van der Waals surface area (Å²) in [7, 11) is 0. The van der Waals surface area contributed by atoms with Crippen molar-refractivity contribution >= 4 is 17.8 Å². The third-order valence-electron chi connectivity index (χ3n) is 2.74. The van der Waals surface area contributed by atoms with Crippen molar-refractivity contribution in [3.63, 3.8) is 0 Å². The molecule has 0 aliphatic rings. The van der Waals surface area contributed by atoms with Crippen molar-refractivity contribution in [3.05, 3.63) is 0 Å². The molecule has 122 valence electrons. The molecule has 0 fully saturated rings. The van der Waals surface area contributed by atoms with Gasteiger partial charge in [-0.2, -0.15) is 0 Å². The van der Waals surface area contributed by atoms with E-state index in [1.54, 1.807) is 0 Å². The maximum Gasteiger partial charge on any atom is 0.396 e. The van der Waals surface area contributed by atoms with E-state index in [4.69, 9.17) is 14.9 Å². The lowest BCUT2D eigenvalue weighted by Crippen LogP contribution is -2.40. The maximum atomic E-state index is 11.3. The molecule has 4 N–H and O–H groups in total. The van der Waals surface area contributed by atoms with Gasteiger partial charge in [0.25, 0.3) is 0 Å². The van der Waals surface area contributed by atoms with Crippen molar-refractivity contribution in [2.24, 2.45) is 5.92 Å². The first-order valence-electron chi connectivity index (χ1n) is 6.90. The normalized spacial score (nSPS) is 13.1. The second-order valence-electron chi connectivity index (χ2n) is 4.76. The van der Waals surface area contributed by atoms with Crippen molar-refractivity contribution < 1.29 is 29.3 Å². The Kier molecular flexibility index (Phi) is 10.2. The molecule has 0 aromatic heterocycles. The molecule has 0 aliphatic heterocycles. The van der Waals surface area contributed by atoms with Crippen LogP contribution in [-0.4, -0.2) is 60.4 Å². The molecule has 0 heterocycles. The minimum atomic E-state index is -1.12. The molecular formula is C13H24N2O6. The van der Waals surface area contributed by atoms with E-state index < -0.39 is 23.9 Å². The molecule has 0 aromatic rings. The van der Waals surface area contributed by atoms with Crippen molar-refractivity contribution in [2.45, 2.75) is 32.8 Å². The lowest BCUT2D eigenvalue weighted by atomic mass is 10.1. The Morgan fingerprint density at radius 1 is 1.10 bits per heavy atom. The zero-order valence-corrected chi connectivity index (χ0v) is 12.4. The third-order valence-corrected chi connectivity index (χ3v) is 2.74. The molecule has 0 rings (SSSR count). The number of aliphatic hydroxyl groups is 2. The monoisotopic (exact) mass is 304 g/mol. The van der Waals surface area contributed by atoms with E-state index in [9.17, 15) is 14.4 Å². The van der Waals surface area contributed by atoms with Crippen LogP contribution in [0, 0.1) is 5.92 Å². The minimum absolute atomic E-state index is 0.0628. The Morgan fingerprint density at radius 2 is 1.71 bits per heavy atom. The van der Waals surface area contributed by atoms with Gasteiger partial charge in [-0.25, -0.2) is 4.79 Å². The van der Waals surface area contributed by atoms with Crippen LogP contribution in [0.1, 0.15) is 26.7 Å². The van der Waals surface area contributed by atoms with Crippen LogP contribution in [0.4, 0.5) is 0 Å². The van der Waals surface area contributed by atoms with Crippen LogP contribution in [-0.2, 0) is 19.1 Å². The van der Waals surface area contributed by atoms with Crippen LogP contribution in [0.15, 0.2) is 0 Å². The number of carbonyl (C=O) groups is 3. The summed E-state index contributed by atoms with van der Waals surface area (Å²) in [6, 6.07) is 0. The van der Waals surface area contributed by atoms with E-state index in [1.165, 1.54) is 6.92 Å². The van der Waals surface area contributed by atoms with Gasteiger partial charge < -0.3 is 25.6 Å². The maximum absolute atomic E-state index is 11.3. The summed E-state index contributed by atoms with van der Waals surface area (Å²) < 4.78 is 4.78. The highest BCUT2D eigenvalue weighted by Crippen LogP contribution is 2.06. The van der Waals surface area contributed by atoms with Crippen molar-refractivity contribution in [1.29, 1.82) is 0 Å². The van der Waals surface area contributed by atoms with Gasteiger partial charge >= 0.3 is 11.9 Å². The Balaban J connectivity index is 3.71. The number of amides is 2. The van der Waals surface area contributed by atoms with Crippen LogP contribution >= 0.6 is 0 Å². The molecule has 0 bridgehead atoms. The van der Waals surface area contributed by atoms with Gasteiger partial charge in [0.1, 0.15) is 6.10 Å². The summed E-state index contributed by atoms with van der Waals surface area (Å²) in [5.74, 6) is -2.20. The van der Waals surface area contributed by atoms with Crippen LogP contribution in [0.3, 0.4) is 0 Å². The number of ether oxygens (including phenoxy) is 1. The topological polar surface area (TPSA) is 125 Å². The van der Waals surface area contributed by atoms with Gasteiger partial charge in [-0.05, 0) is 25.7 Å². The molecule has 0 aliphatic carbocycles. The lowest BCUT2D eigenvalue weighted by Gasteiger charge is -2.10. The van der Waals surface area contributed by atoms with E-state index in [1.807, 2.05) is 6.92 Å². The van der Waals surface area contributed by atoms with E-state index >= 15 is 0 Å². The highest BCUT2D eigenvalue weighted by atomic mass is 16.5. The molecule has 0 spiro atoms. The number of nitrogens with one attached hydrogen (secondary N) is 2. The van der Waals surface area contributed by atoms with Crippen LogP contribution in [0.5, 0.6) is 0 Å². The standard InChI is InChI=1S/C13H24N2O6/c1-9(3-7-16)4-8-21-13(20)12(19)15-6-5-14-11(18)10(2)17/h9-10,16-17H,3-8H2,1-2H3,(H,14,18)(H,15,19). The van der Waals surface area contributed by atoms with Crippen LogP contribution in [0.2, 0.25) is 0 Å². The van der Waals surface area contributed by atoms with Crippen molar-refractivity contribution in [3.8, 4) is 0 Å². The Bertz CT molecular complexity index is 346. The summed E-state index contributed by atoms with van der Waals surface area (Å²) in [6.45, 7) is 3.60. The molecule has 8 nitrogen and oxygen atoms in total. The van der Waals surface area contributed by atoms with Gasteiger partial charge in [-0.15, -0.1) is 0 Å². The zero-order chi connectivity index (χ0) is 16.3. The predicted molar refractivity (Wildman–Crippen MR) is 74.1 cm³/mol. The van der Waals surface area contributed by atoms with Gasteiger partial charge in [0.15, 0.2) is 0 Å². The largest absolute Gasteiger partial charge is 0.459 e. The van der Waals surface area contributed by atoms with Crippen LogP contribution in [0.25, 0.3) is 0 Å². The average molecular weight is 304 g/mol. The fourth-order valence-corrected chi connectivity index (χ4v) is 1.36. The SMILES string of the molecule is CC(CCO)CCOC(=O)C(=O)NCCNC(=O)C(C)O. The summed E-state index contributed by atoms with van der Waals surface area (Å²) >= 11 is 0. The van der Waals surface area contributed by atoms with E-state index in [-0.39, 0.29) is 32.2 Å². The molecule has 0 saturated heterocycles. The second-order valence-corrected chi connectivity index (χ2v) is 4.76. The summed E-state index contributed by atoms with van der Waals surface area (Å²) in [5.41, 5.74) is 0. The number of hydrogen-bond donors (Lipinski definition) is 4. The van der Waals surface area contributed by atoms with Gasteiger partial charge in [0.05, 0.1) is 6.61 Å². The molecular weight excluding hydrogens is 280 g/mol. The Morgan fingerprint density at radius 3 is 2.29 bits per heavy atom. The van der Waals surface area contributed by atoms with Gasteiger partial charge in [-0.1, -0.05) is 6.92 Å². The smallest absolute Gasteiger partial charge is 0.396 e. The summed E-state index contributed by atoms with van der Waals surface area (Å²) in [5, 5.41) is 22.3. The first-order valence-corrected chi connectivity index (χ1v) is 6.90. The van der Waals surface area contributed by atoms with Gasteiger partial charge in [0.2, 0.25) is 5.91 Å². The molecule has 8 heteroatoms. The second kappa shape index (κ2) is 11.0. The minimum Gasteiger partial charge on any atom is -0.459 e. The zero-order valence-electron chi connectivity index (χ0n) is 12.4. The number of rotatable bonds is 9. The lowest BCUT2D eigenvalue weighted by molar-refractivity contribution is -0.155. The van der Waals surface area contributed by atoms with Gasteiger partial charge in [0, 0.05) is 19.7 Å². The molecule has 0 radical (unpaired) electrons. The van der Waals surface area contributed by atoms with E-state index in [2.05, 4.69) is 10.6 Å². The first kappa shape index (κ1) is 19.3. The van der Waals surface area contributed by atoms with E-state index in [0.29, 0.717) is 12.8 Å². The molecule has 2 atom stereocenters. The fraction of sp³-hybridized carbons (Fsp3) is 0.769. The number of carbonyl (C=O) groups excluding carboxylic acids is 3. The first-order chi connectivity index (χ1) is 9.88. The van der Waals surface area contributed by atoms with E-state index in [0.717, 1.165) is 0 Å². The predicted octanol–water partition coefficient (Wildman–Crippen LogP) is -1.45.